The molecule has 3 aromatic carbocycles. The van der Waals surface area contributed by atoms with Gasteiger partial charge in [-0.3, -0.25) is 14.5 Å². The van der Waals surface area contributed by atoms with Crippen molar-refractivity contribution in [1.82, 2.24) is 9.88 Å². The first-order valence-electron chi connectivity index (χ1n) is 11.2. The summed E-state index contributed by atoms with van der Waals surface area (Å²) in [6.07, 6.45) is 0.107. The average Bonchev–Trinajstić information content (AvgIpc) is 2.89. The van der Waals surface area contributed by atoms with Gasteiger partial charge in [-0.1, -0.05) is 41.9 Å². The number of nitrogens with one attached hydrogen (secondary N) is 1. The molecule has 0 radical (unpaired) electrons. The summed E-state index contributed by atoms with van der Waals surface area (Å²) >= 11 is 6.28. The first kappa shape index (κ1) is 23.7. The third-order valence-corrected chi connectivity index (χ3v) is 6.23. The highest BCUT2D eigenvalue weighted by molar-refractivity contribution is 6.31. The van der Waals surface area contributed by atoms with Gasteiger partial charge < -0.3 is 15.0 Å². The first-order chi connectivity index (χ1) is 17.5. The SMILES string of the molecule is O=C1NC(CO)COOC(=O)c2c(c(=O)c3ccc(Cl)cc3n2-c2ccccc2)Cc2ccc1cc2. The van der Waals surface area contributed by atoms with Crippen LogP contribution in [-0.2, 0) is 16.2 Å². The van der Waals surface area contributed by atoms with Crippen LogP contribution in [0.1, 0.15) is 32.0 Å². The molecule has 1 atom stereocenters. The normalized spacial score (nSPS) is 16.2. The van der Waals surface area contributed by atoms with E-state index in [1.165, 1.54) is 0 Å². The molecule has 8 nitrogen and oxygen atoms in total. The van der Waals surface area contributed by atoms with E-state index in [1.807, 2.05) is 18.2 Å². The number of aliphatic hydroxyl groups is 1. The fraction of sp³-hybridized carbons (Fsp3) is 0.148. The molecule has 36 heavy (non-hydrogen) atoms. The fourth-order valence-corrected chi connectivity index (χ4v) is 4.39. The van der Waals surface area contributed by atoms with Gasteiger partial charge in [0.25, 0.3) is 5.91 Å². The van der Waals surface area contributed by atoms with Crippen LogP contribution in [0, 0.1) is 0 Å². The Hall–Kier alpha value is -3.98. The predicted molar refractivity (Wildman–Crippen MR) is 134 cm³/mol. The van der Waals surface area contributed by atoms with Gasteiger partial charge in [0, 0.05) is 33.6 Å². The number of aromatic nitrogens is 1. The summed E-state index contributed by atoms with van der Waals surface area (Å²) in [4.78, 5) is 49.9. The zero-order chi connectivity index (χ0) is 25.2. The number of halogens is 1. The summed E-state index contributed by atoms with van der Waals surface area (Å²) in [6, 6.07) is 19.8. The molecule has 1 aromatic heterocycles. The lowest BCUT2D eigenvalue weighted by Crippen LogP contribution is -2.41. The minimum absolute atomic E-state index is 0.00770. The Morgan fingerprint density at radius 1 is 1.00 bits per heavy atom. The molecule has 182 valence electrons. The van der Waals surface area contributed by atoms with Crippen molar-refractivity contribution in [3.63, 3.8) is 0 Å². The molecule has 6 rings (SSSR count). The van der Waals surface area contributed by atoms with Crippen molar-refractivity contribution in [2.75, 3.05) is 13.2 Å². The lowest BCUT2D eigenvalue weighted by atomic mass is 9.98. The smallest absolute Gasteiger partial charge is 0.390 e. The summed E-state index contributed by atoms with van der Waals surface area (Å²) in [5, 5.41) is 13.1. The van der Waals surface area contributed by atoms with Gasteiger partial charge in [0.05, 0.1) is 18.2 Å². The van der Waals surface area contributed by atoms with Gasteiger partial charge in [0.2, 0.25) is 0 Å². The first-order valence-corrected chi connectivity index (χ1v) is 11.6. The Kier molecular flexibility index (Phi) is 6.56. The number of aliphatic hydroxyl groups excluding tert-OH is 1. The largest absolute Gasteiger partial charge is 0.394 e. The van der Waals surface area contributed by atoms with Crippen LogP contribution in [0.2, 0.25) is 5.02 Å². The van der Waals surface area contributed by atoms with E-state index < -0.39 is 24.5 Å². The summed E-state index contributed by atoms with van der Waals surface area (Å²) in [5.74, 6) is -1.31. The molecule has 2 aliphatic heterocycles. The Balaban J connectivity index is 1.79. The van der Waals surface area contributed by atoms with Crippen LogP contribution in [0.15, 0.2) is 77.6 Å². The van der Waals surface area contributed by atoms with Crippen molar-refractivity contribution >= 4 is 34.4 Å². The van der Waals surface area contributed by atoms with Crippen molar-refractivity contribution in [2.24, 2.45) is 0 Å². The number of hydrogen-bond acceptors (Lipinski definition) is 6. The molecule has 3 heterocycles. The molecule has 1 amide bonds. The number of hydrogen-bond donors (Lipinski definition) is 2. The van der Waals surface area contributed by atoms with E-state index in [2.05, 4.69) is 5.32 Å². The van der Waals surface area contributed by atoms with Gasteiger partial charge in [-0.2, -0.15) is 4.89 Å². The molecular formula is C27H21ClN2O6. The summed E-state index contributed by atoms with van der Waals surface area (Å²) in [5.41, 5.74) is 2.00. The number of fused-ring (bicyclic) bond motifs is 9. The number of benzene rings is 3. The van der Waals surface area contributed by atoms with E-state index in [9.17, 15) is 19.5 Å². The van der Waals surface area contributed by atoms with E-state index in [-0.39, 0.29) is 29.7 Å². The van der Waals surface area contributed by atoms with Crippen LogP contribution >= 0.6 is 11.6 Å². The maximum Gasteiger partial charge on any atom is 0.390 e. The van der Waals surface area contributed by atoms with Crippen molar-refractivity contribution < 1.29 is 24.5 Å². The van der Waals surface area contributed by atoms with Crippen molar-refractivity contribution in [3.05, 3.63) is 110 Å². The monoisotopic (exact) mass is 504 g/mol. The van der Waals surface area contributed by atoms with Gasteiger partial charge in [-0.05, 0) is 48.0 Å². The number of nitrogens with zero attached hydrogens (tertiary/aromatic N) is 1. The van der Waals surface area contributed by atoms with Crippen LogP contribution in [0.25, 0.3) is 16.6 Å². The summed E-state index contributed by atoms with van der Waals surface area (Å²) in [6.45, 7) is -0.730. The van der Waals surface area contributed by atoms with E-state index in [4.69, 9.17) is 21.4 Å². The quantitative estimate of drug-likeness (QED) is 0.405. The second-order valence-electron chi connectivity index (χ2n) is 8.37. The van der Waals surface area contributed by atoms with Crippen LogP contribution in [0.4, 0.5) is 0 Å². The number of amides is 1. The predicted octanol–water partition coefficient (Wildman–Crippen LogP) is 3.43. The second kappa shape index (κ2) is 9.94. The molecule has 9 heteroatoms. The zero-order valence-electron chi connectivity index (χ0n) is 18.9. The second-order valence-corrected chi connectivity index (χ2v) is 8.81. The number of para-hydroxylation sites is 1. The maximum atomic E-state index is 13.7. The van der Waals surface area contributed by atoms with E-state index >= 15 is 0 Å². The maximum absolute atomic E-state index is 13.7. The van der Waals surface area contributed by atoms with Gasteiger partial charge in [0.1, 0.15) is 12.3 Å². The van der Waals surface area contributed by atoms with E-state index in [1.54, 1.807) is 59.2 Å². The van der Waals surface area contributed by atoms with Crippen LogP contribution in [0.5, 0.6) is 0 Å². The zero-order valence-corrected chi connectivity index (χ0v) is 19.7. The van der Waals surface area contributed by atoms with Crippen molar-refractivity contribution in [2.45, 2.75) is 12.5 Å². The molecule has 0 fully saturated rings. The molecule has 2 N–H and O–H groups in total. The molecule has 0 aliphatic carbocycles. The Morgan fingerprint density at radius 2 is 1.75 bits per heavy atom. The molecule has 0 saturated heterocycles. The number of carbonyl (C=O) groups excluding carboxylic acids is 2. The number of rotatable bonds is 2. The van der Waals surface area contributed by atoms with Crippen molar-refractivity contribution in [3.8, 4) is 5.69 Å². The Labute approximate surface area is 210 Å². The standard InChI is InChI=1S/C27H21ClN2O6/c28-18-10-11-21-23(13-18)30(20-4-2-1-3-5-20)24-22(25(21)32)12-16-6-8-17(9-7-16)26(33)29-19(14-31)15-35-36-27(24)34/h1-11,13,19,31H,12,14-15H2,(H,29,33). The molecule has 2 aliphatic rings. The summed E-state index contributed by atoms with van der Waals surface area (Å²) < 4.78 is 1.63. The van der Waals surface area contributed by atoms with Gasteiger partial charge in [-0.15, -0.1) is 0 Å². The topological polar surface area (TPSA) is 107 Å². The molecular weight excluding hydrogens is 484 g/mol. The van der Waals surface area contributed by atoms with Gasteiger partial charge in [0.15, 0.2) is 5.43 Å². The third kappa shape index (κ3) is 4.49. The minimum atomic E-state index is -0.899. The molecule has 1 unspecified atom stereocenters. The minimum Gasteiger partial charge on any atom is -0.394 e. The lowest BCUT2D eigenvalue weighted by molar-refractivity contribution is -0.245. The molecule has 4 aromatic rings. The highest BCUT2D eigenvalue weighted by atomic mass is 35.5. The van der Waals surface area contributed by atoms with Crippen LogP contribution in [-0.4, -0.2) is 40.8 Å². The Morgan fingerprint density at radius 3 is 2.47 bits per heavy atom. The van der Waals surface area contributed by atoms with Crippen LogP contribution < -0.4 is 10.7 Å². The average molecular weight is 505 g/mol. The molecule has 0 spiro atoms. The number of pyridine rings is 1. The Bertz CT molecular complexity index is 1520. The van der Waals surface area contributed by atoms with E-state index in [0.717, 1.165) is 0 Å². The lowest BCUT2D eigenvalue weighted by Gasteiger charge is -2.21. The highest BCUT2D eigenvalue weighted by Crippen LogP contribution is 2.27. The fourth-order valence-electron chi connectivity index (χ4n) is 4.23. The van der Waals surface area contributed by atoms with Crippen molar-refractivity contribution in [1.29, 1.82) is 0 Å². The molecule has 0 saturated carbocycles. The summed E-state index contributed by atoms with van der Waals surface area (Å²) in [7, 11) is 0. The van der Waals surface area contributed by atoms with E-state index in [0.29, 0.717) is 32.7 Å². The number of carbonyl (C=O) groups is 2. The van der Waals surface area contributed by atoms with Gasteiger partial charge >= 0.3 is 5.97 Å². The van der Waals surface area contributed by atoms with Crippen LogP contribution in [0.3, 0.4) is 0 Å². The van der Waals surface area contributed by atoms with Gasteiger partial charge in [-0.25, -0.2) is 4.79 Å². The molecule has 2 bridgehead atoms. The third-order valence-electron chi connectivity index (χ3n) is 5.99. The highest BCUT2D eigenvalue weighted by Gasteiger charge is 2.27.